The monoisotopic (exact) mass is 276 g/mol. The van der Waals surface area contributed by atoms with Gasteiger partial charge in [0.1, 0.15) is 0 Å². The topological polar surface area (TPSA) is 38.0 Å². The standard InChI is InChI=1S/C12H15F3N2S/c13-12(14,15)9-1-2-11(10(16)5-9)18-7-8-3-4-17-6-8/h1-2,5,8,17H,3-4,6-7,16H2. The van der Waals surface area contributed by atoms with Crippen LogP contribution >= 0.6 is 11.8 Å². The van der Waals surface area contributed by atoms with Gasteiger partial charge in [0, 0.05) is 16.3 Å². The molecule has 100 valence electrons. The highest BCUT2D eigenvalue weighted by molar-refractivity contribution is 7.99. The normalized spacial score (nSPS) is 20.3. The Hall–Kier alpha value is -0.880. The molecule has 0 aliphatic carbocycles. The van der Waals surface area contributed by atoms with Crippen LogP contribution in [0, 0.1) is 5.92 Å². The molecule has 0 bridgehead atoms. The van der Waals surface area contributed by atoms with Gasteiger partial charge in [-0.15, -0.1) is 11.8 Å². The van der Waals surface area contributed by atoms with E-state index in [0.29, 0.717) is 5.92 Å². The molecule has 1 saturated heterocycles. The maximum Gasteiger partial charge on any atom is 0.416 e. The smallest absolute Gasteiger partial charge is 0.398 e. The molecule has 0 aromatic heterocycles. The molecule has 2 nitrogen and oxygen atoms in total. The molecular formula is C12H15F3N2S. The molecule has 0 radical (unpaired) electrons. The molecule has 1 unspecified atom stereocenters. The van der Waals surface area contributed by atoms with Gasteiger partial charge in [0.2, 0.25) is 0 Å². The Morgan fingerprint density at radius 1 is 1.39 bits per heavy atom. The van der Waals surface area contributed by atoms with Crippen molar-refractivity contribution in [3.63, 3.8) is 0 Å². The highest BCUT2D eigenvalue weighted by Gasteiger charge is 2.30. The molecule has 1 aromatic carbocycles. The number of rotatable bonds is 3. The Kier molecular flexibility index (Phi) is 4.07. The summed E-state index contributed by atoms with van der Waals surface area (Å²) in [5, 5.41) is 3.26. The predicted molar refractivity (Wildman–Crippen MR) is 67.6 cm³/mol. The SMILES string of the molecule is Nc1cc(C(F)(F)F)ccc1SCC1CCNC1. The highest BCUT2D eigenvalue weighted by Crippen LogP contribution is 2.35. The number of nitrogens with two attached hydrogens (primary N) is 1. The van der Waals surface area contributed by atoms with Gasteiger partial charge in [-0.3, -0.25) is 0 Å². The second-order valence-electron chi connectivity index (χ2n) is 4.42. The van der Waals surface area contributed by atoms with Crippen molar-refractivity contribution in [2.45, 2.75) is 17.5 Å². The van der Waals surface area contributed by atoms with E-state index in [1.807, 2.05) is 0 Å². The first kappa shape index (κ1) is 13.5. The van der Waals surface area contributed by atoms with Crippen LogP contribution in [0.4, 0.5) is 18.9 Å². The van der Waals surface area contributed by atoms with Gasteiger partial charge in [-0.25, -0.2) is 0 Å². The molecule has 1 aliphatic rings. The van der Waals surface area contributed by atoms with E-state index in [1.54, 1.807) is 0 Å². The highest BCUT2D eigenvalue weighted by atomic mass is 32.2. The largest absolute Gasteiger partial charge is 0.416 e. The van der Waals surface area contributed by atoms with Crippen molar-refractivity contribution < 1.29 is 13.2 Å². The summed E-state index contributed by atoms with van der Waals surface area (Å²) in [7, 11) is 0. The first-order chi connectivity index (χ1) is 8.47. The van der Waals surface area contributed by atoms with Gasteiger partial charge in [-0.1, -0.05) is 0 Å². The summed E-state index contributed by atoms with van der Waals surface area (Å²) >= 11 is 1.53. The Labute approximate surface area is 108 Å². The average Bonchev–Trinajstić information content (AvgIpc) is 2.79. The second kappa shape index (κ2) is 5.40. The number of halogens is 3. The summed E-state index contributed by atoms with van der Waals surface area (Å²) < 4.78 is 37.4. The lowest BCUT2D eigenvalue weighted by molar-refractivity contribution is -0.137. The lowest BCUT2D eigenvalue weighted by atomic mass is 10.2. The van der Waals surface area contributed by atoms with E-state index >= 15 is 0 Å². The number of nitrogen functional groups attached to an aromatic ring is 1. The van der Waals surface area contributed by atoms with Gasteiger partial charge in [0.25, 0.3) is 0 Å². The lowest BCUT2D eigenvalue weighted by Crippen LogP contribution is -2.10. The summed E-state index contributed by atoms with van der Waals surface area (Å²) in [4.78, 5) is 0.731. The molecule has 1 atom stereocenters. The van der Waals surface area contributed by atoms with Crippen molar-refractivity contribution in [2.24, 2.45) is 5.92 Å². The van der Waals surface area contributed by atoms with Crippen LogP contribution in [0.15, 0.2) is 23.1 Å². The zero-order chi connectivity index (χ0) is 13.2. The zero-order valence-electron chi connectivity index (χ0n) is 9.76. The van der Waals surface area contributed by atoms with Gasteiger partial charge in [0.05, 0.1) is 5.56 Å². The van der Waals surface area contributed by atoms with E-state index in [9.17, 15) is 13.2 Å². The van der Waals surface area contributed by atoms with Crippen molar-refractivity contribution in [3.8, 4) is 0 Å². The second-order valence-corrected chi connectivity index (χ2v) is 5.48. The van der Waals surface area contributed by atoms with Crippen molar-refractivity contribution in [2.75, 3.05) is 24.6 Å². The minimum Gasteiger partial charge on any atom is -0.398 e. The van der Waals surface area contributed by atoms with E-state index < -0.39 is 11.7 Å². The van der Waals surface area contributed by atoms with Gasteiger partial charge < -0.3 is 11.1 Å². The third kappa shape index (κ3) is 3.32. The first-order valence-corrected chi connectivity index (χ1v) is 6.75. The van der Waals surface area contributed by atoms with Crippen molar-refractivity contribution in [1.82, 2.24) is 5.32 Å². The van der Waals surface area contributed by atoms with Crippen LogP contribution in [0.5, 0.6) is 0 Å². The molecule has 0 spiro atoms. The molecular weight excluding hydrogens is 261 g/mol. The summed E-state index contributed by atoms with van der Waals surface area (Å²) in [6.45, 7) is 2.00. The fourth-order valence-electron chi connectivity index (χ4n) is 1.92. The third-order valence-corrected chi connectivity index (χ3v) is 4.29. The molecule has 3 N–H and O–H groups in total. The number of benzene rings is 1. The Morgan fingerprint density at radius 3 is 2.72 bits per heavy atom. The van der Waals surface area contributed by atoms with Crippen LogP contribution in [0.3, 0.4) is 0 Å². The summed E-state index contributed by atoms with van der Waals surface area (Å²) in [5.41, 5.74) is 5.19. The number of hydrogen-bond donors (Lipinski definition) is 2. The predicted octanol–water partition coefficient (Wildman–Crippen LogP) is 2.99. The molecule has 0 saturated carbocycles. The first-order valence-electron chi connectivity index (χ1n) is 5.77. The van der Waals surface area contributed by atoms with Crippen LogP contribution in [0.2, 0.25) is 0 Å². The van der Waals surface area contributed by atoms with Gasteiger partial charge in [-0.05, 0) is 43.6 Å². The molecule has 1 heterocycles. The van der Waals surface area contributed by atoms with E-state index in [1.165, 1.54) is 17.8 Å². The quantitative estimate of drug-likeness (QED) is 0.658. The van der Waals surface area contributed by atoms with E-state index in [0.717, 1.165) is 42.3 Å². The lowest BCUT2D eigenvalue weighted by Gasteiger charge is -2.12. The van der Waals surface area contributed by atoms with Crippen LogP contribution in [0.1, 0.15) is 12.0 Å². The number of thioether (sulfide) groups is 1. The molecule has 2 rings (SSSR count). The van der Waals surface area contributed by atoms with Gasteiger partial charge >= 0.3 is 6.18 Å². The van der Waals surface area contributed by atoms with Crippen molar-refractivity contribution in [1.29, 1.82) is 0 Å². The minimum atomic E-state index is -4.33. The molecule has 1 aliphatic heterocycles. The maximum atomic E-state index is 12.5. The van der Waals surface area contributed by atoms with Crippen LogP contribution in [-0.4, -0.2) is 18.8 Å². The zero-order valence-corrected chi connectivity index (χ0v) is 10.6. The number of hydrogen-bond acceptors (Lipinski definition) is 3. The summed E-state index contributed by atoms with van der Waals surface area (Å²) in [5.74, 6) is 1.47. The van der Waals surface area contributed by atoms with E-state index in [-0.39, 0.29) is 5.69 Å². The summed E-state index contributed by atoms with van der Waals surface area (Å²) in [6, 6.07) is 3.56. The molecule has 1 fully saturated rings. The van der Waals surface area contributed by atoms with Gasteiger partial charge in [-0.2, -0.15) is 13.2 Å². The number of alkyl halides is 3. The Bertz CT molecular complexity index is 414. The Balaban J connectivity index is 2.01. The minimum absolute atomic E-state index is 0.209. The van der Waals surface area contributed by atoms with Crippen LogP contribution in [-0.2, 0) is 6.18 Å². The number of anilines is 1. The van der Waals surface area contributed by atoms with Gasteiger partial charge in [0.15, 0.2) is 0 Å². The van der Waals surface area contributed by atoms with Crippen molar-refractivity contribution >= 4 is 17.4 Å². The van der Waals surface area contributed by atoms with Crippen molar-refractivity contribution in [3.05, 3.63) is 23.8 Å². The van der Waals surface area contributed by atoms with E-state index in [4.69, 9.17) is 5.73 Å². The fourth-order valence-corrected chi connectivity index (χ4v) is 3.01. The molecule has 1 aromatic rings. The maximum absolute atomic E-state index is 12.5. The molecule has 18 heavy (non-hydrogen) atoms. The molecule has 6 heteroatoms. The fraction of sp³-hybridized carbons (Fsp3) is 0.500. The summed E-state index contributed by atoms with van der Waals surface area (Å²) in [6.07, 6.45) is -3.21. The van der Waals surface area contributed by atoms with Crippen LogP contribution < -0.4 is 11.1 Å². The van der Waals surface area contributed by atoms with E-state index in [2.05, 4.69) is 5.32 Å². The van der Waals surface area contributed by atoms with Crippen LogP contribution in [0.25, 0.3) is 0 Å². The number of nitrogens with one attached hydrogen (secondary N) is 1. The molecule has 0 amide bonds. The Morgan fingerprint density at radius 2 is 2.17 bits per heavy atom. The third-order valence-electron chi connectivity index (χ3n) is 2.97. The average molecular weight is 276 g/mol.